The molecule has 0 saturated heterocycles. The number of nitrogens with zero attached hydrogens (tertiary/aromatic N) is 2. The third kappa shape index (κ3) is 8.99. The van der Waals surface area contributed by atoms with Crippen molar-refractivity contribution in [3.8, 4) is 11.5 Å². The highest BCUT2D eigenvalue weighted by Crippen LogP contribution is 2.26. The summed E-state index contributed by atoms with van der Waals surface area (Å²) in [6.07, 6.45) is -9.14. The Morgan fingerprint density at radius 1 is 0.743 bits per heavy atom. The second-order valence-electron chi connectivity index (χ2n) is 6.58. The molecule has 0 amide bonds. The van der Waals surface area contributed by atoms with Gasteiger partial charge in [-0.1, -0.05) is 10.3 Å². The molecule has 0 bridgehead atoms. The number of hydrogen-bond acceptors (Lipinski definition) is 8. The van der Waals surface area contributed by atoms with Gasteiger partial charge in [0.15, 0.2) is 11.4 Å². The van der Waals surface area contributed by atoms with Gasteiger partial charge < -0.3 is 14.3 Å². The van der Waals surface area contributed by atoms with E-state index >= 15 is 0 Å². The second kappa shape index (κ2) is 11.3. The average molecular weight is 528 g/mol. The quantitative estimate of drug-likeness (QED) is 0.198. The summed E-state index contributed by atoms with van der Waals surface area (Å²) in [7, 11) is -3.24. The van der Waals surface area contributed by atoms with E-state index in [1.165, 1.54) is 24.3 Å². The van der Waals surface area contributed by atoms with Gasteiger partial charge in [0, 0.05) is 11.1 Å². The van der Waals surface area contributed by atoms with Crippen LogP contribution in [0.25, 0.3) is 0 Å². The van der Waals surface area contributed by atoms with Gasteiger partial charge in [-0.25, -0.2) is 0 Å². The van der Waals surface area contributed by atoms with Crippen LogP contribution in [0.2, 0.25) is 0 Å². The SMILES string of the molecule is CO/N=C(\c1ccc(OCCOc2ccc(/C(=N\OS(C)(=O)=O)C(F)(F)F)cc2)cc1)C(F)(F)F. The molecule has 0 spiro atoms. The molecule has 2 aromatic rings. The van der Waals surface area contributed by atoms with Crippen LogP contribution in [0.4, 0.5) is 26.3 Å². The zero-order valence-electron chi connectivity index (χ0n) is 18.1. The number of ether oxygens (including phenoxy) is 2. The van der Waals surface area contributed by atoms with E-state index in [9.17, 15) is 34.8 Å². The zero-order chi connectivity index (χ0) is 26.3. The first-order valence-corrected chi connectivity index (χ1v) is 11.2. The van der Waals surface area contributed by atoms with Crippen molar-refractivity contribution in [3.63, 3.8) is 0 Å². The monoisotopic (exact) mass is 528 g/mol. The van der Waals surface area contributed by atoms with Gasteiger partial charge in [0.05, 0.1) is 6.26 Å². The number of alkyl halides is 6. The Labute approximate surface area is 195 Å². The summed E-state index contributed by atoms with van der Waals surface area (Å²) < 4.78 is 115. The summed E-state index contributed by atoms with van der Waals surface area (Å²) in [6, 6.07) is 9.27. The van der Waals surface area contributed by atoms with Gasteiger partial charge in [0.1, 0.15) is 31.8 Å². The molecule has 0 aliphatic carbocycles. The molecule has 0 aliphatic rings. The van der Waals surface area contributed by atoms with Gasteiger partial charge in [-0.2, -0.15) is 34.8 Å². The summed E-state index contributed by atoms with van der Waals surface area (Å²) in [6.45, 7) is -0.0751. The largest absolute Gasteiger partial charge is 0.490 e. The molecule has 0 unspecified atom stereocenters. The Balaban J connectivity index is 1.95. The van der Waals surface area contributed by atoms with Gasteiger partial charge in [-0.05, 0) is 48.5 Å². The molecule has 192 valence electrons. The summed E-state index contributed by atoms with van der Waals surface area (Å²) in [5, 5.41) is 5.66. The third-order valence-electron chi connectivity index (χ3n) is 3.86. The van der Waals surface area contributed by atoms with Crippen LogP contribution in [0.1, 0.15) is 11.1 Å². The summed E-state index contributed by atoms with van der Waals surface area (Å²) in [4.78, 5) is 4.23. The lowest BCUT2D eigenvalue weighted by Gasteiger charge is -2.12. The second-order valence-corrected chi connectivity index (χ2v) is 8.14. The lowest BCUT2D eigenvalue weighted by Crippen LogP contribution is -2.24. The highest BCUT2D eigenvalue weighted by Gasteiger charge is 2.39. The summed E-state index contributed by atoms with van der Waals surface area (Å²) in [5.74, 6) is 0.410. The Kier molecular flexibility index (Phi) is 8.95. The molecule has 0 N–H and O–H groups in total. The number of oxime groups is 2. The van der Waals surface area contributed by atoms with Crippen molar-refractivity contribution in [2.24, 2.45) is 10.3 Å². The molecule has 35 heavy (non-hydrogen) atoms. The molecule has 8 nitrogen and oxygen atoms in total. The molecule has 2 aromatic carbocycles. The molecular formula is C20H18F6N2O6S. The van der Waals surface area contributed by atoms with E-state index in [0.29, 0.717) is 6.26 Å². The minimum Gasteiger partial charge on any atom is -0.490 e. The van der Waals surface area contributed by atoms with Crippen LogP contribution in [0.15, 0.2) is 58.8 Å². The highest BCUT2D eigenvalue weighted by molar-refractivity contribution is 7.85. The van der Waals surface area contributed by atoms with Crippen LogP contribution in [-0.2, 0) is 19.2 Å². The van der Waals surface area contributed by atoms with Crippen LogP contribution < -0.4 is 9.47 Å². The van der Waals surface area contributed by atoms with Crippen molar-refractivity contribution in [3.05, 3.63) is 59.7 Å². The Bertz CT molecular complexity index is 1140. The van der Waals surface area contributed by atoms with Crippen LogP contribution in [0.3, 0.4) is 0 Å². The fraction of sp³-hybridized carbons (Fsp3) is 0.300. The Hall–Kier alpha value is -3.49. The van der Waals surface area contributed by atoms with Crippen molar-refractivity contribution in [1.29, 1.82) is 0 Å². The first kappa shape index (κ1) is 27.8. The molecule has 0 atom stereocenters. The fourth-order valence-corrected chi connectivity index (χ4v) is 2.68. The van der Waals surface area contributed by atoms with E-state index < -0.39 is 39.5 Å². The maximum atomic E-state index is 13.1. The number of halogens is 6. The normalized spacial score (nSPS) is 13.4. The smallest absolute Gasteiger partial charge is 0.437 e. The van der Waals surface area contributed by atoms with E-state index in [1.807, 2.05) is 0 Å². The highest BCUT2D eigenvalue weighted by atomic mass is 32.2. The molecule has 0 radical (unpaired) electrons. The van der Waals surface area contributed by atoms with Gasteiger partial charge in [0.25, 0.3) is 0 Å². The maximum Gasteiger partial charge on any atom is 0.437 e. The van der Waals surface area contributed by atoms with Crippen LogP contribution in [0.5, 0.6) is 11.5 Å². The summed E-state index contributed by atoms with van der Waals surface area (Å²) >= 11 is 0. The first-order chi connectivity index (χ1) is 16.2. The van der Waals surface area contributed by atoms with E-state index in [0.717, 1.165) is 31.4 Å². The van der Waals surface area contributed by atoms with Gasteiger partial charge in [-0.15, -0.1) is 0 Å². The predicted molar refractivity (Wildman–Crippen MR) is 112 cm³/mol. The average Bonchev–Trinajstić information content (AvgIpc) is 2.74. The first-order valence-electron chi connectivity index (χ1n) is 9.39. The van der Waals surface area contributed by atoms with Gasteiger partial charge >= 0.3 is 22.5 Å². The molecule has 0 aromatic heterocycles. The van der Waals surface area contributed by atoms with Crippen LogP contribution >= 0.6 is 0 Å². The third-order valence-corrected chi connectivity index (χ3v) is 4.21. The van der Waals surface area contributed by atoms with E-state index in [1.54, 1.807) is 0 Å². The topological polar surface area (TPSA) is 95.8 Å². The van der Waals surface area contributed by atoms with Gasteiger partial charge in [-0.3, -0.25) is 4.28 Å². The predicted octanol–water partition coefficient (Wildman–Crippen LogP) is 4.30. The lowest BCUT2D eigenvalue weighted by atomic mass is 10.1. The molecule has 2 rings (SSSR count). The number of benzene rings is 2. The Morgan fingerprint density at radius 2 is 1.11 bits per heavy atom. The van der Waals surface area contributed by atoms with Crippen molar-refractivity contribution >= 4 is 21.5 Å². The standard InChI is InChI=1S/C20H18F6N2O6S/c1-31-27-17(19(21,22)23)13-3-7-15(8-4-13)32-11-12-33-16-9-5-14(6-10-16)18(20(24,25)26)28-34-35(2,29)30/h3-10H,11-12H2,1-2H3/b27-17+,28-18+. The van der Waals surface area contributed by atoms with Crippen LogP contribution in [-0.4, -0.2) is 58.8 Å². The van der Waals surface area contributed by atoms with E-state index in [-0.39, 0.29) is 30.3 Å². The lowest BCUT2D eigenvalue weighted by molar-refractivity contribution is -0.0613. The zero-order valence-corrected chi connectivity index (χ0v) is 18.9. The minimum absolute atomic E-state index is 0.0309. The van der Waals surface area contributed by atoms with E-state index in [4.69, 9.17) is 9.47 Å². The van der Waals surface area contributed by atoms with Crippen molar-refractivity contribution in [1.82, 2.24) is 0 Å². The molecule has 15 heteroatoms. The number of hydrogen-bond donors (Lipinski definition) is 0. The fourth-order valence-electron chi connectivity index (χ4n) is 2.47. The number of rotatable bonds is 10. The maximum absolute atomic E-state index is 13.1. The van der Waals surface area contributed by atoms with Crippen molar-refractivity contribution in [2.75, 3.05) is 26.6 Å². The molecular weight excluding hydrogens is 510 g/mol. The van der Waals surface area contributed by atoms with Crippen molar-refractivity contribution in [2.45, 2.75) is 12.4 Å². The molecule has 0 aliphatic heterocycles. The Morgan fingerprint density at radius 3 is 1.43 bits per heavy atom. The molecule has 0 heterocycles. The van der Waals surface area contributed by atoms with Crippen molar-refractivity contribution < 1.29 is 53.4 Å². The van der Waals surface area contributed by atoms with Crippen LogP contribution in [0, 0.1) is 0 Å². The van der Waals surface area contributed by atoms with E-state index in [2.05, 4.69) is 19.4 Å². The summed E-state index contributed by atoms with van der Waals surface area (Å²) in [5.41, 5.74) is -3.45. The molecule has 0 fully saturated rings. The molecule has 0 saturated carbocycles. The van der Waals surface area contributed by atoms with Gasteiger partial charge in [0.2, 0.25) is 0 Å². The minimum atomic E-state index is -4.98.